The maximum absolute atomic E-state index is 13.7. The van der Waals surface area contributed by atoms with Crippen LogP contribution in [0.1, 0.15) is 38.9 Å². The Morgan fingerprint density at radius 2 is 1.74 bits per heavy atom. The highest BCUT2D eigenvalue weighted by Gasteiger charge is 2.43. The summed E-state index contributed by atoms with van der Waals surface area (Å²) in [5.41, 5.74) is 2.82. The minimum absolute atomic E-state index is 0.0290. The minimum atomic E-state index is -0.708. The van der Waals surface area contributed by atoms with Crippen LogP contribution in [0.3, 0.4) is 0 Å². The predicted molar refractivity (Wildman–Crippen MR) is 127 cm³/mol. The summed E-state index contributed by atoms with van der Waals surface area (Å²) in [4.78, 5) is 28.9. The molecule has 1 aliphatic rings. The highest BCUT2D eigenvalue weighted by molar-refractivity contribution is 5.99. The van der Waals surface area contributed by atoms with Gasteiger partial charge >= 0.3 is 0 Å². The molecule has 0 aliphatic carbocycles. The fraction of sp³-hybridized carbons (Fsp3) is 0.185. The first kappa shape index (κ1) is 21.6. The first-order chi connectivity index (χ1) is 16.4. The number of phenolic OH excluding ortho intramolecular Hbond substituents is 1. The average Bonchev–Trinajstić information content (AvgIpc) is 3.12. The van der Waals surface area contributed by atoms with E-state index in [9.17, 15) is 14.7 Å². The van der Waals surface area contributed by atoms with E-state index in [1.54, 1.807) is 36.3 Å². The molecule has 7 heteroatoms. The highest BCUT2D eigenvalue weighted by atomic mass is 16.5. The molecule has 0 bridgehead atoms. The number of phenols is 1. The lowest BCUT2D eigenvalue weighted by atomic mass is 9.97. The largest absolute Gasteiger partial charge is 0.504 e. The van der Waals surface area contributed by atoms with Gasteiger partial charge in [0.1, 0.15) is 11.3 Å². The maximum Gasteiger partial charge on any atom is 0.291 e. The van der Waals surface area contributed by atoms with E-state index in [1.165, 1.54) is 13.2 Å². The van der Waals surface area contributed by atoms with Crippen molar-refractivity contribution in [3.8, 4) is 17.2 Å². The molecule has 2 heterocycles. The number of benzene rings is 3. The van der Waals surface area contributed by atoms with Crippen molar-refractivity contribution in [3.63, 3.8) is 0 Å². The SMILES string of the molecule is COc1ccc(CN2C(=O)c3oc4ccc(C)cc4c(=O)c3C2c2ccc(O)c(OC)c2)cc1. The van der Waals surface area contributed by atoms with E-state index in [0.717, 1.165) is 11.1 Å². The number of rotatable bonds is 5. The fourth-order valence-corrected chi connectivity index (χ4v) is 4.44. The first-order valence-corrected chi connectivity index (χ1v) is 10.8. The van der Waals surface area contributed by atoms with Crippen LogP contribution in [-0.4, -0.2) is 30.1 Å². The number of carbonyl (C=O) groups is 1. The van der Waals surface area contributed by atoms with Crippen molar-refractivity contribution in [2.45, 2.75) is 19.5 Å². The van der Waals surface area contributed by atoms with Gasteiger partial charge in [0.2, 0.25) is 5.76 Å². The molecule has 1 aliphatic heterocycles. The molecule has 7 nitrogen and oxygen atoms in total. The van der Waals surface area contributed by atoms with Crippen LogP contribution in [0.15, 0.2) is 69.9 Å². The van der Waals surface area contributed by atoms with E-state index in [4.69, 9.17) is 13.9 Å². The fourth-order valence-electron chi connectivity index (χ4n) is 4.44. The molecule has 1 aromatic heterocycles. The summed E-state index contributed by atoms with van der Waals surface area (Å²) < 4.78 is 16.5. The number of nitrogens with zero attached hydrogens (tertiary/aromatic N) is 1. The molecule has 1 N–H and O–H groups in total. The Balaban J connectivity index is 1.71. The van der Waals surface area contributed by atoms with Gasteiger partial charge in [-0.2, -0.15) is 0 Å². The number of amides is 1. The average molecular weight is 457 g/mol. The lowest BCUT2D eigenvalue weighted by Crippen LogP contribution is -2.29. The summed E-state index contributed by atoms with van der Waals surface area (Å²) in [7, 11) is 3.04. The minimum Gasteiger partial charge on any atom is -0.504 e. The van der Waals surface area contributed by atoms with Crippen molar-refractivity contribution in [1.82, 2.24) is 4.90 Å². The van der Waals surface area contributed by atoms with Gasteiger partial charge in [0.15, 0.2) is 16.9 Å². The number of aryl methyl sites for hydroxylation is 1. The number of ether oxygens (including phenoxy) is 2. The zero-order chi connectivity index (χ0) is 24.0. The second-order valence-electron chi connectivity index (χ2n) is 8.29. The summed E-state index contributed by atoms with van der Waals surface area (Å²) in [6, 6.07) is 16.8. The van der Waals surface area contributed by atoms with E-state index in [2.05, 4.69) is 0 Å². The molecule has 0 fully saturated rings. The smallest absolute Gasteiger partial charge is 0.291 e. The van der Waals surface area contributed by atoms with Gasteiger partial charge < -0.3 is 23.9 Å². The van der Waals surface area contributed by atoms with Crippen LogP contribution >= 0.6 is 0 Å². The van der Waals surface area contributed by atoms with Crippen LogP contribution in [0, 0.1) is 6.92 Å². The van der Waals surface area contributed by atoms with Crippen molar-refractivity contribution >= 4 is 16.9 Å². The van der Waals surface area contributed by atoms with Crippen molar-refractivity contribution in [2.75, 3.05) is 14.2 Å². The van der Waals surface area contributed by atoms with Gasteiger partial charge in [-0.25, -0.2) is 0 Å². The molecule has 0 saturated heterocycles. The van der Waals surface area contributed by atoms with Gasteiger partial charge in [0.25, 0.3) is 5.91 Å². The second-order valence-corrected chi connectivity index (χ2v) is 8.29. The molecule has 4 aromatic rings. The van der Waals surface area contributed by atoms with Crippen LogP contribution in [0.25, 0.3) is 11.0 Å². The molecule has 0 spiro atoms. The Hall–Kier alpha value is -4.26. The van der Waals surface area contributed by atoms with Crippen LogP contribution in [0.2, 0.25) is 0 Å². The highest BCUT2D eigenvalue weighted by Crippen LogP contribution is 2.41. The molecule has 0 saturated carbocycles. The summed E-state index contributed by atoms with van der Waals surface area (Å²) in [5, 5.41) is 10.5. The molecule has 1 amide bonds. The quantitative estimate of drug-likeness (QED) is 0.472. The van der Waals surface area contributed by atoms with Gasteiger partial charge in [0, 0.05) is 6.54 Å². The molecular formula is C27H23NO6. The lowest BCUT2D eigenvalue weighted by Gasteiger charge is -2.25. The zero-order valence-electron chi connectivity index (χ0n) is 19.0. The third-order valence-corrected chi connectivity index (χ3v) is 6.15. The van der Waals surface area contributed by atoms with Crippen molar-refractivity contribution < 1.29 is 23.8 Å². The van der Waals surface area contributed by atoms with Crippen molar-refractivity contribution in [1.29, 1.82) is 0 Å². The summed E-state index contributed by atoms with van der Waals surface area (Å²) >= 11 is 0. The van der Waals surface area contributed by atoms with Gasteiger partial charge in [-0.15, -0.1) is 0 Å². The number of aromatic hydroxyl groups is 1. The standard InChI is InChI=1S/C27H23NO6/c1-15-4-11-21-19(12-15)25(30)23-24(17-7-10-20(29)22(13-17)33-3)28(27(31)26(23)34-21)14-16-5-8-18(32-2)9-6-16/h4-13,24,29H,14H2,1-3H3. The second kappa shape index (κ2) is 8.26. The Morgan fingerprint density at radius 3 is 2.44 bits per heavy atom. The normalized spacial score (nSPS) is 15.0. The van der Waals surface area contributed by atoms with E-state index in [-0.39, 0.29) is 40.7 Å². The van der Waals surface area contributed by atoms with E-state index in [0.29, 0.717) is 22.3 Å². The first-order valence-electron chi connectivity index (χ1n) is 10.8. The lowest BCUT2D eigenvalue weighted by molar-refractivity contribution is 0.0714. The molecule has 5 rings (SSSR count). The maximum atomic E-state index is 13.7. The summed E-state index contributed by atoms with van der Waals surface area (Å²) in [5.74, 6) is 0.593. The van der Waals surface area contributed by atoms with Crippen LogP contribution < -0.4 is 14.9 Å². The Bertz CT molecular complexity index is 1470. The summed E-state index contributed by atoms with van der Waals surface area (Å²) in [6.45, 7) is 2.14. The van der Waals surface area contributed by atoms with Gasteiger partial charge in [0.05, 0.1) is 31.2 Å². The Morgan fingerprint density at radius 1 is 0.971 bits per heavy atom. The van der Waals surface area contributed by atoms with Crippen LogP contribution in [-0.2, 0) is 6.54 Å². The van der Waals surface area contributed by atoms with Gasteiger partial charge in [-0.3, -0.25) is 9.59 Å². The van der Waals surface area contributed by atoms with Crippen molar-refractivity contribution in [2.24, 2.45) is 0 Å². The number of hydrogen-bond acceptors (Lipinski definition) is 6. The molecule has 1 unspecified atom stereocenters. The monoisotopic (exact) mass is 457 g/mol. The predicted octanol–water partition coefficient (Wildman–Crippen LogP) is 4.57. The zero-order valence-corrected chi connectivity index (χ0v) is 19.0. The topological polar surface area (TPSA) is 89.2 Å². The van der Waals surface area contributed by atoms with E-state index in [1.807, 2.05) is 37.3 Å². The van der Waals surface area contributed by atoms with Crippen molar-refractivity contribution in [3.05, 3.63) is 98.9 Å². The molecule has 172 valence electrons. The molecular weight excluding hydrogens is 434 g/mol. The molecule has 0 radical (unpaired) electrons. The van der Waals surface area contributed by atoms with E-state index < -0.39 is 6.04 Å². The number of carbonyl (C=O) groups excluding carboxylic acids is 1. The molecule has 1 atom stereocenters. The molecule has 3 aromatic carbocycles. The van der Waals surface area contributed by atoms with Gasteiger partial charge in [-0.05, 0) is 54.4 Å². The van der Waals surface area contributed by atoms with E-state index >= 15 is 0 Å². The Kier molecular flexibility index (Phi) is 5.24. The number of hydrogen-bond donors (Lipinski definition) is 1. The van der Waals surface area contributed by atoms with Crippen LogP contribution in [0.4, 0.5) is 0 Å². The number of fused-ring (bicyclic) bond motifs is 2. The van der Waals surface area contributed by atoms with Gasteiger partial charge in [-0.1, -0.05) is 29.8 Å². The Labute approximate surface area is 195 Å². The number of methoxy groups -OCH3 is 2. The van der Waals surface area contributed by atoms with Crippen LogP contribution in [0.5, 0.6) is 17.2 Å². The third-order valence-electron chi connectivity index (χ3n) is 6.15. The summed E-state index contributed by atoms with van der Waals surface area (Å²) in [6.07, 6.45) is 0. The third kappa shape index (κ3) is 3.46. The molecule has 34 heavy (non-hydrogen) atoms.